The van der Waals surface area contributed by atoms with Crippen LogP contribution < -0.4 is 0 Å². The standard InChI is InChI=1S/C12H19NO3/c1-10(9-11-5-4-8-16-11)13(2)7-3-6-12(14)15/h4-5,8,10H,3,6-7,9H2,1-2H3,(H,14,15). The van der Waals surface area contributed by atoms with E-state index in [0.717, 1.165) is 18.7 Å². The second-order valence-electron chi connectivity index (χ2n) is 4.11. The van der Waals surface area contributed by atoms with E-state index in [-0.39, 0.29) is 6.42 Å². The summed E-state index contributed by atoms with van der Waals surface area (Å²) < 4.78 is 5.28. The van der Waals surface area contributed by atoms with E-state index in [1.807, 2.05) is 19.2 Å². The van der Waals surface area contributed by atoms with Crippen molar-refractivity contribution < 1.29 is 14.3 Å². The van der Waals surface area contributed by atoms with E-state index >= 15 is 0 Å². The summed E-state index contributed by atoms with van der Waals surface area (Å²) in [6.07, 6.45) is 3.45. The van der Waals surface area contributed by atoms with Crippen LogP contribution in [0.15, 0.2) is 22.8 Å². The summed E-state index contributed by atoms with van der Waals surface area (Å²) in [5, 5.41) is 8.54. The summed E-state index contributed by atoms with van der Waals surface area (Å²) in [7, 11) is 2.01. The van der Waals surface area contributed by atoms with Crippen molar-refractivity contribution in [3.05, 3.63) is 24.2 Å². The van der Waals surface area contributed by atoms with Crippen molar-refractivity contribution in [3.8, 4) is 0 Å². The van der Waals surface area contributed by atoms with E-state index in [1.165, 1.54) is 0 Å². The third kappa shape index (κ3) is 4.49. The maximum absolute atomic E-state index is 10.4. The molecule has 4 heteroatoms. The minimum atomic E-state index is -0.730. The maximum atomic E-state index is 10.4. The Morgan fingerprint density at radius 1 is 1.62 bits per heavy atom. The second-order valence-corrected chi connectivity index (χ2v) is 4.11. The molecule has 0 radical (unpaired) electrons. The SMILES string of the molecule is CC(Cc1ccco1)N(C)CCCC(=O)O. The van der Waals surface area contributed by atoms with E-state index in [4.69, 9.17) is 9.52 Å². The molecule has 1 aromatic heterocycles. The Morgan fingerprint density at radius 2 is 2.38 bits per heavy atom. The predicted octanol–water partition coefficient (Wildman–Crippen LogP) is 2.01. The van der Waals surface area contributed by atoms with Gasteiger partial charge in [-0.25, -0.2) is 0 Å². The van der Waals surface area contributed by atoms with Crippen LogP contribution in [0.3, 0.4) is 0 Å². The van der Waals surface area contributed by atoms with E-state index < -0.39 is 5.97 Å². The predicted molar refractivity (Wildman–Crippen MR) is 61.4 cm³/mol. The lowest BCUT2D eigenvalue weighted by Gasteiger charge is -2.23. The Labute approximate surface area is 95.9 Å². The first kappa shape index (κ1) is 12.8. The number of hydrogen-bond donors (Lipinski definition) is 1. The van der Waals surface area contributed by atoms with Crippen molar-refractivity contribution in [3.63, 3.8) is 0 Å². The third-order valence-electron chi connectivity index (χ3n) is 2.73. The van der Waals surface area contributed by atoms with Gasteiger partial charge in [0.1, 0.15) is 5.76 Å². The van der Waals surface area contributed by atoms with Crippen LogP contribution in [0.4, 0.5) is 0 Å². The van der Waals surface area contributed by atoms with Gasteiger partial charge in [0.15, 0.2) is 0 Å². The molecule has 1 aromatic rings. The number of furan rings is 1. The minimum Gasteiger partial charge on any atom is -0.481 e. The van der Waals surface area contributed by atoms with Crippen molar-refractivity contribution in [2.75, 3.05) is 13.6 Å². The van der Waals surface area contributed by atoms with Crippen LogP contribution >= 0.6 is 0 Å². The van der Waals surface area contributed by atoms with Crippen LogP contribution in [0, 0.1) is 0 Å². The summed E-state index contributed by atoms with van der Waals surface area (Å²) in [4.78, 5) is 12.5. The molecule has 0 aromatic carbocycles. The van der Waals surface area contributed by atoms with Gasteiger partial charge in [-0.1, -0.05) is 0 Å². The molecule has 16 heavy (non-hydrogen) atoms. The molecule has 0 saturated heterocycles. The molecular formula is C12H19NO3. The molecule has 4 nitrogen and oxygen atoms in total. The fraction of sp³-hybridized carbons (Fsp3) is 0.583. The Kier molecular flexibility index (Phi) is 5.05. The summed E-state index contributed by atoms with van der Waals surface area (Å²) in [5.74, 6) is 0.240. The number of nitrogens with zero attached hydrogens (tertiary/aromatic N) is 1. The second kappa shape index (κ2) is 6.33. The molecule has 0 aliphatic heterocycles. The smallest absolute Gasteiger partial charge is 0.303 e. The highest BCUT2D eigenvalue weighted by atomic mass is 16.4. The molecule has 0 aliphatic carbocycles. The van der Waals surface area contributed by atoms with Crippen LogP contribution in [0.25, 0.3) is 0 Å². The zero-order valence-electron chi connectivity index (χ0n) is 9.85. The van der Waals surface area contributed by atoms with Gasteiger partial charge in [-0.05, 0) is 39.1 Å². The maximum Gasteiger partial charge on any atom is 0.303 e. The van der Waals surface area contributed by atoms with Crippen LogP contribution in [0.1, 0.15) is 25.5 Å². The average Bonchev–Trinajstić information content (AvgIpc) is 2.69. The molecule has 0 amide bonds. The first-order valence-electron chi connectivity index (χ1n) is 5.54. The first-order chi connectivity index (χ1) is 7.59. The molecule has 1 rings (SSSR count). The van der Waals surface area contributed by atoms with Gasteiger partial charge in [-0.2, -0.15) is 0 Å². The van der Waals surface area contributed by atoms with E-state index in [9.17, 15) is 4.79 Å². The molecular weight excluding hydrogens is 206 g/mol. The Balaban J connectivity index is 2.25. The van der Waals surface area contributed by atoms with Crippen molar-refractivity contribution in [1.82, 2.24) is 4.90 Å². The average molecular weight is 225 g/mol. The van der Waals surface area contributed by atoms with Gasteiger partial charge in [0.25, 0.3) is 0 Å². The molecule has 1 atom stereocenters. The largest absolute Gasteiger partial charge is 0.481 e. The highest BCUT2D eigenvalue weighted by Crippen LogP contribution is 2.08. The van der Waals surface area contributed by atoms with Crippen LogP contribution in [0.5, 0.6) is 0 Å². The highest BCUT2D eigenvalue weighted by Gasteiger charge is 2.11. The van der Waals surface area contributed by atoms with Crippen molar-refractivity contribution in [2.45, 2.75) is 32.2 Å². The summed E-state index contributed by atoms with van der Waals surface area (Å²) in [6.45, 7) is 2.91. The zero-order chi connectivity index (χ0) is 12.0. The van der Waals surface area contributed by atoms with Gasteiger partial charge >= 0.3 is 5.97 Å². The third-order valence-corrected chi connectivity index (χ3v) is 2.73. The molecule has 0 spiro atoms. The van der Waals surface area contributed by atoms with Crippen molar-refractivity contribution in [1.29, 1.82) is 0 Å². The number of carboxylic acids is 1. The molecule has 1 unspecified atom stereocenters. The zero-order valence-corrected chi connectivity index (χ0v) is 9.85. The minimum absolute atomic E-state index is 0.234. The van der Waals surface area contributed by atoms with Gasteiger partial charge in [-0.3, -0.25) is 4.79 Å². The van der Waals surface area contributed by atoms with Gasteiger partial charge in [0.2, 0.25) is 0 Å². The topological polar surface area (TPSA) is 53.7 Å². The summed E-state index contributed by atoms with van der Waals surface area (Å²) in [5.41, 5.74) is 0. The van der Waals surface area contributed by atoms with Gasteiger partial charge < -0.3 is 14.4 Å². The number of aliphatic carboxylic acids is 1. The molecule has 90 valence electrons. The normalized spacial score (nSPS) is 12.9. The number of carboxylic acid groups (broad SMARTS) is 1. The fourth-order valence-corrected chi connectivity index (χ4v) is 1.58. The summed E-state index contributed by atoms with van der Waals surface area (Å²) in [6, 6.07) is 4.20. The Bertz CT molecular complexity index is 308. The molecule has 0 saturated carbocycles. The molecule has 0 bridgehead atoms. The fourth-order valence-electron chi connectivity index (χ4n) is 1.58. The number of carbonyl (C=O) groups is 1. The van der Waals surface area contributed by atoms with Gasteiger partial charge in [-0.15, -0.1) is 0 Å². The van der Waals surface area contributed by atoms with Crippen LogP contribution in [-0.4, -0.2) is 35.6 Å². The lowest BCUT2D eigenvalue weighted by atomic mass is 10.1. The van der Waals surface area contributed by atoms with Crippen molar-refractivity contribution >= 4 is 5.97 Å². The number of rotatable bonds is 7. The highest BCUT2D eigenvalue weighted by molar-refractivity contribution is 5.66. The molecule has 1 heterocycles. The molecule has 0 aliphatic rings. The van der Waals surface area contributed by atoms with Crippen LogP contribution in [-0.2, 0) is 11.2 Å². The first-order valence-corrected chi connectivity index (χ1v) is 5.54. The van der Waals surface area contributed by atoms with Crippen molar-refractivity contribution in [2.24, 2.45) is 0 Å². The van der Waals surface area contributed by atoms with E-state index in [0.29, 0.717) is 12.5 Å². The van der Waals surface area contributed by atoms with Gasteiger partial charge in [0, 0.05) is 18.9 Å². The summed E-state index contributed by atoms with van der Waals surface area (Å²) >= 11 is 0. The number of hydrogen-bond acceptors (Lipinski definition) is 3. The Morgan fingerprint density at radius 3 is 2.94 bits per heavy atom. The molecule has 0 fully saturated rings. The van der Waals surface area contributed by atoms with Crippen LogP contribution in [0.2, 0.25) is 0 Å². The lowest BCUT2D eigenvalue weighted by molar-refractivity contribution is -0.137. The van der Waals surface area contributed by atoms with E-state index in [1.54, 1.807) is 6.26 Å². The van der Waals surface area contributed by atoms with E-state index in [2.05, 4.69) is 11.8 Å². The monoisotopic (exact) mass is 225 g/mol. The lowest BCUT2D eigenvalue weighted by Crippen LogP contribution is -2.31. The number of likely N-dealkylation sites (N-methyl/N-ethyl adjacent to an activating group) is 1. The Hall–Kier alpha value is -1.29. The molecule has 1 N–H and O–H groups in total. The quantitative estimate of drug-likeness (QED) is 0.771. The van der Waals surface area contributed by atoms with Gasteiger partial charge in [0.05, 0.1) is 6.26 Å².